The Balaban J connectivity index is 1.43. The molecule has 1 atom stereocenters. The molecule has 0 aliphatic carbocycles. The van der Waals surface area contributed by atoms with Gasteiger partial charge in [0, 0.05) is 18.4 Å². The molecule has 7 heteroatoms. The van der Waals surface area contributed by atoms with Crippen molar-refractivity contribution in [2.45, 2.75) is 25.9 Å². The summed E-state index contributed by atoms with van der Waals surface area (Å²) in [5.41, 5.74) is 1.87. The molecule has 2 aromatic carbocycles. The van der Waals surface area contributed by atoms with E-state index in [-0.39, 0.29) is 11.9 Å². The van der Waals surface area contributed by atoms with Gasteiger partial charge >= 0.3 is 0 Å². The minimum atomic E-state index is -0.0762. The van der Waals surface area contributed by atoms with Crippen LogP contribution in [-0.4, -0.2) is 22.4 Å². The van der Waals surface area contributed by atoms with Gasteiger partial charge in [0.05, 0.1) is 30.6 Å². The van der Waals surface area contributed by atoms with E-state index < -0.39 is 0 Å². The van der Waals surface area contributed by atoms with Gasteiger partial charge in [0.15, 0.2) is 11.6 Å². The van der Waals surface area contributed by atoms with E-state index in [1.807, 2.05) is 85.8 Å². The van der Waals surface area contributed by atoms with E-state index in [0.717, 1.165) is 28.0 Å². The summed E-state index contributed by atoms with van der Waals surface area (Å²) in [6, 6.07) is 25.1. The van der Waals surface area contributed by atoms with Crippen LogP contribution in [0.4, 0.5) is 5.82 Å². The number of para-hydroxylation sites is 1. The third-order valence-electron chi connectivity index (χ3n) is 5.84. The minimum Gasteiger partial charge on any atom is -0.467 e. The lowest BCUT2D eigenvalue weighted by molar-refractivity contribution is -0.121. The van der Waals surface area contributed by atoms with Crippen molar-refractivity contribution in [1.29, 1.82) is 0 Å². The normalized spacial score (nSPS) is 11.9. The second-order valence-electron chi connectivity index (χ2n) is 8.32. The highest BCUT2D eigenvalue weighted by Gasteiger charge is 2.19. The number of nitrogens with one attached hydrogen (secondary N) is 1. The van der Waals surface area contributed by atoms with Crippen LogP contribution in [0.2, 0.25) is 0 Å². The summed E-state index contributed by atoms with van der Waals surface area (Å²) in [6.45, 7) is 2.90. The van der Waals surface area contributed by atoms with Crippen LogP contribution in [0.25, 0.3) is 22.5 Å². The Bertz CT molecular complexity index is 1380. The number of carbonyl (C=O) groups is 1. The van der Waals surface area contributed by atoms with Gasteiger partial charge in [0.1, 0.15) is 11.6 Å². The van der Waals surface area contributed by atoms with Crippen molar-refractivity contribution in [3.63, 3.8) is 0 Å². The topological polar surface area (TPSA) is 84.4 Å². The molecular formula is C28H26N4O3. The number of fused-ring (bicyclic) bond motifs is 1. The number of rotatable bonds is 9. The number of carbonyl (C=O) groups excluding carboxylic acids is 1. The minimum absolute atomic E-state index is 0.0320. The lowest BCUT2D eigenvalue weighted by atomic mass is 10.1. The van der Waals surface area contributed by atoms with E-state index in [2.05, 4.69) is 10.2 Å². The molecule has 1 N–H and O–H groups in total. The number of amides is 1. The second-order valence-corrected chi connectivity index (χ2v) is 8.32. The highest BCUT2D eigenvalue weighted by molar-refractivity contribution is 5.91. The molecule has 0 aliphatic rings. The molecule has 176 valence electrons. The Hall–Kier alpha value is -4.39. The standard InChI is InChI=1S/C28H26N4O3/c1-20(21-9-3-2-4-10-21)29-26(33)15-16-32(19-22-11-7-17-34-22)28-23-12-5-6-13-24(23)30-27(31-28)25-14-8-18-35-25/h2-14,17-18,20H,15-16,19H2,1H3,(H,29,33). The number of furan rings is 2. The third-order valence-corrected chi connectivity index (χ3v) is 5.84. The quantitative estimate of drug-likeness (QED) is 0.297. The van der Waals surface area contributed by atoms with Crippen LogP contribution in [0.1, 0.15) is 30.7 Å². The average Bonchev–Trinajstić information content (AvgIpc) is 3.61. The predicted octanol–water partition coefficient (Wildman–Crippen LogP) is 5.76. The average molecular weight is 467 g/mol. The molecule has 0 radical (unpaired) electrons. The Morgan fingerprint density at radius 3 is 2.46 bits per heavy atom. The summed E-state index contributed by atoms with van der Waals surface area (Å²) < 4.78 is 11.2. The Morgan fingerprint density at radius 1 is 0.914 bits per heavy atom. The highest BCUT2D eigenvalue weighted by atomic mass is 16.3. The van der Waals surface area contributed by atoms with Crippen LogP contribution in [0.3, 0.4) is 0 Å². The maximum atomic E-state index is 12.9. The lowest BCUT2D eigenvalue weighted by Gasteiger charge is -2.25. The van der Waals surface area contributed by atoms with Crippen molar-refractivity contribution < 1.29 is 13.6 Å². The molecule has 7 nitrogen and oxygen atoms in total. The predicted molar refractivity (Wildman–Crippen MR) is 135 cm³/mol. The zero-order valence-electron chi connectivity index (χ0n) is 19.4. The van der Waals surface area contributed by atoms with Gasteiger partial charge in [-0.1, -0.05) is 42.5 Å². The number of hydrogen-bond acceptors (Lipinski definition) is 6. The van der Waals surface area contributed by atoms with Gasteiger partial charge in [-0.25, -0.2) is 9.97 Å². The fraction of sp³-hybridized carbons (Fsp3) is 0.179. The maximum Gasteiger partial charge on any atom is 0.222 e. The van der Waals surface area contributed by atoms with E-state index >= 15 is 0 Å². The molecule has 3 heterocycles. The summed E-state index contributed by atoms with van der Waals surface area (Å²) in [4.78, 5) is 24.5. The summed E-state index contributed by atoms with van der Waals surface area (Å²) in [5, 5.41) is 3.99. The van der Waals surface area contributed by atoms with E-state index in [0.29, 0.717) is 31.1 Å². The summed E-state index contributed by atoms with van der Waals surface area (Å²) in [5.74, 6) is 2.56. The van der Waals surface area contributed by atoms with Crippen molar-refractivity contribution >= 4 is 22.6 Å². The number of anilines is 1. The van der Waals surface area contributed by atoms with Gasteiger partial charge in [-0.05, 0) is 48.9 Å². The molecule has 0 spiro atoms. The third kappa shape index (κ3) is 5.24. The number of aromatic nitrogens is 2. The Labute approximate surface area is 203 Å². The summed E-state index contributed by atoms with van der Waals surface area (Å²) in [7, 11) is 0. The summed E-state index contributed by atoms with van der Waals surface area (Å²) >= 11 is 0. The van der Waals surface area contributed by atoms with Crippen molar-refractivity contribution in [2.75, 3.05) is 11.4 Å². The SMILES string of the molecule is CC(NC(=O)CCN(Cc1ccco1)c1nc(-c2ccco2)nc2ccccc12)c1ccccc1. The van der Waals surface area contributed by atoms with Crippen molar-refractivity contribution in [1.82, 2.24) is 15.3 Å². The van der Waals surface area contributed by atoms with Crippen LogP contribution in [0, 0.1) is 0 Å². The smallest absolute Gasteiger partial charge is 0.222 e. The van der Waals surface area contributed by atoms with E-state index in [9.17, 15) is 4.79 Å². The molecular weight excluding hydrogens is 440 g/mol. The molecule has 0 saturated heterocycles. The number of nitrogens with zero attached hydrogens (tertiary/aromatic N) is 3. The zero-order valence-corrected chi connectivity index (χ0v) is 19.4. The molecule has 0 bridgehead atoms. The van der Waals surface area contributed by atoms with Crippen LogP contribution in [0.15, 0.2) is 100 Å². The fourth-order valence-corrected chi connectivity index (χ4v) is 4.04. The largest absolute Gasteiger partial charge is 0.467 e. The summed E-state index contributed by atoms with van der Waals surface area (Å²) in [6.07, 6.45) is 3.55. The maximum absolute atomic E-state index is 12.9. The molecule has 1 unspecified atom stereocenters. The first kappa shape index (κ1) is 22.4. The van der Waals surface area contributed by atoms with Gasteiger partial charge in [-0.3, -0.25) is 4.79 Å². The zero-order chi connectivity index (χ0) is 24.0. The van der Waals surface area contributed by atoms with Crippen molar-refractivity contribution in [2.24, 2.45) is 0 Å². The van der Waals surface area contributed by atoms with E-state index in [1.165, 1.54) is 0 Å². The first-order valence-electron chi connectivity index (χ1n) is 11.6. The van der Waals surface area contributed by atoms with Crippen molar-refractivity contribution in [3.8, 4) is 11.6 Å². The number of hydrogen-bond donors (Lipinski definition) is 1. The number of benzene rings is 2. The van der Waals surface area contributed by atoms with Gasteiger partial charge in [-0.15, -0.1) is 0 Å². The second kappa shape index (κ2) is 10.3. The fourth-order valence-electron chi connectivity index (χ4n) is 4.04. The van der Waals surface area contributed by atoms with E-state index in [1.54, 1.807) is 12.5 Å². The lowest BCUT2D eigenvalue weighted by Crippen LogP contribution is -2.32. The van der Waals surface area contributed by atoms with E-state index in [4.69, 9.17) is 18.8 Å². The van der Waals surface area contributed by atoms with Gasteiger partial charge in [0.25, 0.3) is 0 Å². The highest BCUT2D eigenvalue weighted by Crippen LogP contribution is 2.29. The van der Waals surface area contributed by atoms with Crippen LogP contribution < -0.4 is 10.2 Å². The molecule has 0 saturated carbocycles. The molecule has 0 aliphatic heterocycles. The first-order valence-corrected chi connectivity index (χ1v) is 11.6. The Kier molecular flexibility index (Phi) is 6.57. The Morgan fingerprint density at radius 2 is 1.69 bits per heavy atom. The molecule has 0 fully saturated rings. The molecule has 3 aromatic heterocycles. The molecule has 35 heavy (non-hydrogen) atoms. The van der Waals surface area contributed by atoms with Crippen molar-refractivity contribution in [3.05, 3.63) is 103 Å². The van der Waals surface area contributed by atoms with Gasteiger partial charge in [-0.2, -0.15) is 0 Å². The molecule has 5 rings (SSSR count). The molecule has 1 amide bonds. The van der Waals surface area contributed by atoms with Crippen LogP contribution in [-0.2, 0) is 11.3 Å². The monoisotopic (exact) mass is 466 g/mol. The van der Waals surface area contributed by atoms with Gasteiger partial charge < -0.3 is 19.1 Å². The van der Waals surface area contributed by atoms with Gasteiger partial charge in [0.2, 0.25) is 5.91 Å². The first-order chi connectivity index (χ1) is 17.2. The molecule has 5 aromatic rings. The van der Waals surface area contributed by atoms with Crippen LogP contribution in [0.5, 0.6) is 0 Å². The van der Waals surface area contributed by atoms with Crippen LogP contribution >= 0.6 is 0 Å².